The standard InChI is InChI=1S/C18H16F2N4O4S2/c19-11-6-7-12(13(20)10-11)17-22-23-18(28-17)21-16(25)14-4-1-2-8-24(14)30(26,27)15-5-3-9-29-15/h3,5-7,9-10,14H,1-2,4,8H2,(H,21,23,25). The average molecular weight is 454 g/mol. The minimum atomic E-state index is -3.81. The number of thiophene rings is 1. The molecule has 4 rings (SSSR count). The van der Waals surface area contributed by atoms with Crippen molar-refractivity contribution in [1.82, 2.24) is 14.5 Å². The van der Waals surface area contributed by atoms with Crippen molar-refractivity contribution in [3.63, 3.8) is 0 Å². The molecule has 0 bridgehead atoms. The Labute approximate surface area is 174 Å². The Morgan fingerprint density at radius 3 is 2.80 bits per heavy atom. The molecule has 0 saturated carbocycles. The Bertz CT molecular complexity index is 1160. The first-order valence-electron chi connectivity index (χ1n) is 9.01. The average Bonchev–Trinajstić information content (AvgIpc) is 3.41. The third-order valence-corrected chi connectivity index (χ3v) is 7.91. The van der Waals surface area contributed by atoms with Crippen LogP contribution in [0.2, 0.25) is 0 Å². The molecule has 0 spiro atoms. The lowest BCUT2D eigenvalue weighted by molar-refractivity contribution is -0.120. The molecule has 1 N–H and O–H groups in total. The largest absolute Gasteiger partial charge is 0.403 e. The van der Waals surface area contributed by atoms with E-state index in [0.29, 0.717) is 25.3 Å². The van der Waals surface area contributed by atoms with Gasteiger partial charge in [-0.15, -0.1) is 16.4 Å². The van der Waals surface area contributed by atoms with Gasteiger partial charge in [0.05, 0.1) is 5.56 Å². The van der Waals surface area contributed by atoms with Gasteiger partial charge in [-0.25, -0.2) is 17.2 Å². The summed E-state index contributed by atoms with van der Waals surface area (Å²) in [6.07, 6.45) is 1.66. The number of nitrogens with one attached hydrogen (secondary N) is 1. The van der Waals surface area contributed by atoms with Gasteiger partial charge in [0, 0.05) is 12.6 Å². The Morgan fingerprint density at radius 2 is 2.07 bits per heavy atom. The Balaban J connectivity index is 1.53. The summed E-state index contributed by atoms with van der Waals surface area (Å²) in [6, 6.07) is 4.72. The first kappa shape index (κ1) is 20.6. The normalized spacial score (nSPS) is 17.7. The number of carbonyl (C=O) groups is 1. The number of nitrogens with zero attached hydrogens (tertiary/aromatic N) is 3. The number of hydrogen-bond acceptors (Lipinski definition) is 7. The number of aromatic nitrogens is 2. The van der Waals surface area contributed by atoms with E-state index in [2.05, 4.69) is 15.5 Å². The van der Waals surface area contributed by atoms with Crippen molar-refractivity contribution in [2.45, 2.75) is 29.5 Å². The molecule has 3 aromatic rings. The zero-order chi connectivity index (χ0) is 21.3. The Morgan fingerprint density at radius 1 is 1.23 bits per heavy atom. The van der Waals surface area contributed by atoms with E-state index in [1.54, 1.807) is 11.4 Å². The number of piperidine rings is 1. The van der Waals surface area contributed by atoms with Crippen molar-refractivity contribution >= 4 is 33.3 Å². The number of carbonyl (C=O) groups excluding carboxylic acids is 1. The van der Waals surface area contributed by atoms with Crippen LogP contribution in [0.15, 0.2) is 44.3 Å². The van der Waals surface area contributed by atoms with Gasteiger partial charge in [0.1, 0.15) is 21.9 Å². The van der Waals surface area contributed by atoms with E-state index in [1.807, 2.05) is 0 Å². The molecule has 1 fully saturated rings. The number of sulfonamides is 1. The fourth-order valence-electron chi connectivity index (χ4n) is 3.21. The number of rotatable bonds is 5. The fraction of sp³-hybridized carbons (Fsp3) is 0.278. The highest BCUT2D eigenvalue weighted by molar-refractivity contribution is 7.91. The van der Waals surface area contributed by atoms with E-state index in [9.17, 15) is 22.0 Å². The summed E-state index contributed by atoms with van der Waals surface area (Å²) in [5.41, 5.74) is -0.121. The number of halogens is 2. The van der Waals surface area contributed by atoms with Gasteiger partial charge in [-0.2, -0.15) is 4.31 Å². The molecule has 12 heteroatoms. The predicted octanol–water partition coefficient (Wildman–Crippen LogP) is 3.26. The highest BCUT2D eigenvalue weighted by atomic mass is 32.2. The Hall–Kier alpha value is -2.70. The van der Waals surface area contributed by atoms with Gasteiger partial charge in [-0.3, -0.25) is 10.1 Å². The van der Waals surface area contributed by atoms with Crippen molar-refractivity contribution in [2.24, 2.45) is 0 Å². The van der Waals surface area contributed by atoms with Gasteiger partial charge >= 0.3 is 6.01 Å². The van der Waals surface area contributed by atoms with Crippen molar-refractivity contribution in [1.29, 1.82) is 0 Å². The topological polar surface area (TPSA) is 105 Å². The van der Waals surface area contributed by atoms with Crippen LogP contribution in [0.3, 0.4) is 0 Å². The summed E-state index contributed by atoms with van der Waals surface area (Å²) in [7, 11) is -3.81. The molecule has 0 aliphatic carbocycles. The number of anilines is 1. The summed E-state index contributed by atoms with van der Waals surface area (Å²) in [6.45, 7) is 0.216. The van der Waals surface area contributed by atoms with Crippen LogP contribution in [0.25, 0.3) is 11.5 Å². The second-order valence-corrected chi connectivity index (χ2v) is 9.65. The van der Waals surface area contributed by atoms with Gasteiger partial charge < -0.3 is 4.42 Å². The van der Waals surface area contributed by atoms with E-state index in [1.165, 1.54) is 10.4 Å². The van der Waals surface area contributed by atoms with E-state index in [0.717, 1.165) is 23.5 Å². The highest BCUT2D eigenvalue weighted by Crippen LogP contribution is 2.29. The molecule has 158 valence electrons. The van der Waals surface area contributed by atoms with Crippen LogP contribution in [-0.2, 0) is 14.8 Å². The lowest BCUT2D eigenvalue weighted by atomic mass is 10.0. The molecule has 1 aliphatic rings. The minimum Gasteiger partial charge on any atom is -0.403 e. The SMILES string of the molecule is O=C(Nc1nnc(-c2ccc(F)cc2F)o1)C1CCCCN1S(=O)(=O)c1cccs1. The second-order valence-electron chi connectivity index (χ2n) is 6.59. The van der Waals surface area contributed by atoms with Crippen LogP contribution in [0, 0.1) is 11.6 Å². The summed E-state index contributed by atoms with van der Waals surface area (Å²) in [4.78, 5) is 12.8. The first-order chi connectivity index (χ1) is 14.4. The van der Waals surface area contributed by atoms with Crippen LogP contribution < -0.4 is 5.32 Å². The molecule has 8 nitrogen and oxygen atoms in total. The molecule has 2 aromatic heterocycles. The summed E-state index contributed by atoms with van der Waals surface area (Å²) in [5.74, 6) is -2.51. The molecule has 1 saturated heterocycles. The van der Waals surface area contributed by atoms with Gasteiger partial charge in [-0.1, -0.05) is 17.6 Å². The van der Waals surface area contributed by atoms with Crippen LogP contribution in [0.4, 0.5) is 14.8 Å². The molecule has 1 aromatic carbocycles. The molecular formula is C18H16F2N4O4S2. The van der Waals surface area contributed by atoms with E-state index < -0.39 is 33.6 Å². The van der Waals surface area contributed by atoms with E-state index in [4.69, 9.17) is 4.42 Å². The minimum absolute atomic E-state index is 0.121. The lowest BCUT2D eigenvalue weighted by Crippen LogP contribution is -2.49. The molecule has 3 heterocycles. The quantitative estimate of drug-likeness (QED) is 0.634. The second kappa shape index (κ2) is 8.20. The molecule has 1 amide bonds. The van der Waals surface area contributed by atoms with Gasteiger partial charge in [0.15, 0.2) is 0 Å². The number of hydrogen-bond donors (Lipinski definition) is 1. The number of benzene rings is 1. The maximum Gasteiger partial charge on any atom is 0.322 e. The molecule has 0 radical (unpaired) electrons. The van der Waals surface area contributed by atoms with Crippen molar-refractivity contribution in [3.8, 4) is 11.5 Å². The first-order valence-corrected chi connectivity index (χ1v) is 11.3. The monoisotopic (exact) mass is 454 g/mol. The maximum absolute atomic E-state index is 13.9. The highest BCUT2D eigenvalue weighted by Gasteiger charge is 2.38. The summed E-state index contributed by atoms with van der Waals surface area (Å²) >= 11 is 1.08. The smallest absolute Gasteiger partial charge is 0.322 e. The van der Waals surface area contributed by atoms with Crippen molar-refractivity contribution in [3.05, 3.63) is 47.3 Å². The van der Waals surface area contributed by atoms with Crippen LogP contribution in [0.1, 0.15) is 19.3 Å². The number of amides is 1. The lowest BCUT2D eigenvalue weighted by Gasteiger charge is -2.32. The molecular weight excluding hydrogens is 438 g/mol. The van der Waals surface area contributed by atoms with Crippen LogP contribution >= 0.6 is 11.3 Å². The third kappa shape index (κ3) is 3.98. The fourth-order valence-corrected chi connectivity index (χ4v) is 5.99. The van der Waals surface area contributed by atoms with Crippen LogP contribution in [0.5, 0.6) is 0 Å². The summed E-state index contributed by atoms with van der Waals surface area (Å²) in [5, 5.41) is 11.4. The van der Waals surface area contributed by atoms with Crippen LogP contribution in [-0.4, -0.2) is 41.4 Å². The zero-order valence-electron chi connectivity index (χ0n) is 15.4. The van der Waals surface area contributed by atoms with Crippen molar-refractivity contribution in [2.75, 3.05) is 11.9 Å². The Kier molecular flexibility index (Phi) is 5.62. The maximum atomic E-state index is 13.9. The third-order valence-electron chi connectivity index (χ3n) is 4.63. The van der Waals surface area contributed by atoms with Gasteiger partial charge in [-0.05, 0) is 36.4 Å². The van der Waals surface area contributed by atoms with Gasteiger partial charge in [0.25, 0.3) is 15.9 Å². The molecule has 1 unspecified atom stereocenters. The van der Waals surface area contributed by atoms with Gasteiger partial charge in [0.2, 0.25) is 5.91 Å². The van der Waals surface area contributed by atoms with Crippen molar-refractivity contribution < 1.29 is 26.4 Å². The predicted molar refractivity (Wildman–Crippen MR) is 104 cm³/mol. The van der Waals surface area contributed by atoms with E-state index >= 15 is 0 Å². The molecule has 30 heavy (non-hydrogen) atoms. The zero-order valence-corrected chi connectivity index (χ0v) is 17.0. The summed E-state index contributed by atoms with van der Waals surface area (Å²) < 4.78 is 59.4. The molecule has 1 aliphatic heterocycles. The van der Waals surface area contributed by atoms with E-state index in [-0.39, 0.29) is 28.2 Å². The molecule has 1 atom stereocenters.